The highest BCUT2D eigenvalue weighted by Gasteiger charge is 2.26. The average Bonchev–Trinajstić information content (AvgIpc) is 3.24. The fourth-order valence-electron chi connectivity index (χ4n) is 4.76. The van der Waals surface area contributed by atoms with Crippen LogP contribution in [0.3, 0.4) is 0 Å². The van der Waals surface area contributed by atoms with Crippen molar-refractivity contribution in [2.75, 3.05) is 65.8 Å². The Labute approximate surface area is 199 Å². The van der Waals surface area contributed by atoms with Gasteiger partial charge in [0.25, 0.3) is 5.91 Å². The number of hydrogen-bond acceptors (Lipinski definition) is 6. The molecule has 5 rings (SSSR count). The molecule has 2 aromatic carbocycles. The van der Waals surface area contributed by atoms with Gasteiger partial charge in [0.2, 0.25) is 0 Å². The SMILES string of the molecule is O=C(c1ccccc1OCCN1CCOCC1)N1CCOC[C@H](Cc2cccc3[nH]ncc23)C1. The number of ether oxygens (including phenoxy) is 3. The van der Waals surface area contributed by atoms with Crippen LogP contribution in [0.4, 0.5) is 0 Å². The van der Waals surface area contributed by atoms with Crippen molar-refractivity contribution in [2.45, 2.75) is 6.42 Å². The maximum Gasteiger partial charge on any atom is 0.257 e. The lowest BCUT2D eigenvalue weighted by molar-refractivity contribution is 0.0321. The van der Waals surface area contributed by atoms with Gasteiger partial charge in [0.05, 0.1) is 43.7 Å². The van der Waals surface area contributed by atoms with Crippen molar-refractivity contribution in [1.82, 2.24) is 20.0 Å². The number of carbonyl (C=O) groups excluding carboxylic acids is 1. The second-order valence-corrected chi connectivity index (χ2v) is 8.94. The third-order valence-electron chi connectivity index (χ3n) is 6.59. The molecule has 1 amide bonds. The van der Waals surface area contributed by atoms with Gasteiger partial charge in [-0.3, -0.25) is 14.8 Å². The van der Waals surface area contributed by atoms with Gasteiger partial charge in [0, 0.05) is 44.0 Å². The fourth-order valence-corrected chi connectivity index (χ4v) is 4.76. The number of aromatic amines is 1. The van der Waals surface area contributed by atoms with Crippen molar-refractivity contribution in [2.24, 2.45) is 5.92 Å². The summed E-state index contributed by atoms with van der Waals surface area (Å²) in [5.41, 5.74) is 2.87. The molecule has 180 valence electrons. The monoisotopic (exact) mass is 464 g/mol. The molecule has 3 heterocycles. The number of rotatable bonds is 7. The number of morpholine rings is 1. The number of fused-ring (bicyclic) bond motifs is 1. The number of benzene rings is 2. The van der Waals surface area contributed by atoms with Crippen LogP contribution in [-0.4, -0.2) is 91.7 Å². The van der Waals surface area contributed by atoms with Gasteiger partial charge in [-0.05, 0) is 30.2 Å². The van der Waals surface area contributed by atoms with Crippen molar-refractivity contribution in [3.8, 4) is 5.75 Å². The Balaban J connectivity index is 1.24. The quantitative estimate of drug-likeness (QED) is 0.579. The van der Waals surface area contributed by atoms with Crippen LogP contribution in [0.15, 0.2) is 48.7 Å². The van der Waals surface area contributed by atoms with E-state index in [1.165, 1.54) is 5.56 Å². The van der Waals surface area contributed by atoms with Crippen LogP contribution in [0.25, 0.3) is 10.9 Å². The molecule has 0 spiro atoms. The van der Waals surface area contributed by atoms with E-state index in [-0.39, 0.29) is 11.8 Å². The van der Waals surface area contributed by atoms with Crippen molar-refractivity contribution >= 4 is 16.8 Å². The maximum atomic E-state index is 13.6. The summed E-state index contributed by atoms with van der Waals surface area (Å²) in [5, 5.41) is 8.34. The van der Waals surface area contributed by atoms with E-state index >= 15 is 0 Å². The molecule has 1 aromatic heterocycles. The van der Waals surface area contributed by atoms with Gasteiger partial charge in [-0.2, -0.15) is 5.10 Å². The summed E-state index contributed by atoms with van der Waals surface area (Å²) < 4.78 is 17.4. The van der Waals surface area contributed by atoms with Gasteiger partial charge in [-0.15, -0.1) is 0 Å². The smallest absolute Gasteiger partial charge is 0.257 e. The maximum absolute atomic E-state index is 13.6. The first-order chi connectivity index (χ1) is 16.8. The molecule has 3 aromatic rings. The molecule has 0 bridgehead atoms. The first kappa shape index (κ1) is 22.8. The number of para-hydroxylation sites is 1. The zero-order valence-corrected chi connectivity index (χ0v) is 19.4. The zero-order valence-electron chi connectivity index (χ0n) is 19.4. The number of hydrogen-bond donors (Lipinski definition) is 1. The molecular weight excluding hydrogens is 432 g/mol. The van der Waals surface area contributed by atoms with E-state index in [1.807, 2.05) is 47.5 Å². The Bertz CT molecular complexity index is 1100. The van der Waals surface area contributed by atoms with Gasteiger partial charge < -0.3 is 19.1 Å². The lowest BCUT2D eigenvalue weighted by atomic mass is 9.97. The molecule has 2 saturated heterocycles. The Morgan fingerprint density at radius 1 is 1.06 bits per heavy atom. The van der Waals surface area contributed by atoms with Crippen molar-refractivity contribution in [3.63, 3.8) is 0 Å². The predicted octanol–water partition coefficient (Wildman–Crippen LogP) is 2.61. The van der Waals surface area contributed by atoms with Gasteiger partial charge in [-0.1, -0.05) is 24.3 Å². The molecule has 2 fully saturated rings. The summed E-state index contributed by atoms with van der Waals surface area (Å²) in [7, 11) is 0. The van der Waals surface area contributed by atoms with Gasteiger partial charge in [0.1, 0.15) is 12.4 Å². The normalized spacial score (nSPS) is 19.8. The highest BCUT2D eigenvalue weighted by atomic mass is 16.5. The molecule has 8 nitrogen and oxygen atoms in total. The highest BCUT2D eigenvalue weighted by Crippen LogP contribution is 2.24. The van der Waals surface area contributed by atoms with Gasteiger partial charge >= 0.3 is 0 Å². The number of nitrogens with one attached hydrogen (secondary N) is 1. The molecule has 2 aliphatic heterocycles. The van der Waals surface area contributed by atoms with Crippen LogP contribution in [0.5, 0.6) is 5.75 Å². The van der Waals surface area contributed by atoms with Crippen LogP contribution >= 0.6 is 0 Å². The number of aromatic nitrogens is 2. The summed E-state index contributed by atoms with van der Waals surface area (Å²) in [4.78, 5) is 17.8. The Kier molecular flexibility index (Phi) is 7.38. The second kappa shape index (κ2) is 11.0. The van der Waals surface area contributed by atoms with Crippen molar-refractivity contribution in [3.05, 3.63) is 59.8 Å². The Hall–Kier alpha value is -2.94. The largest absolute Gasteiger partial charge is 0.491 e. The number of amides is 1. The Morgan fingerprint density at radius 3 is 2.82 bits per heavy atom. The van der Waals surface area contributed by atoms with Gasteiger partial charge in [0.15, 0.2) is 0 Å². The molecule has 34 heavy (non-hydrogen) atoms. The van der Waals surface area contributed by atoms with Gasteiger partial charge in [-0.25, -0.2) is 0 Å². The molecule has 0 aliphatic carbocycles. The molecule has 8 heteroatoms. The topological polar surface area (TPSA) is 79.9 Å². The highest BCUT2D eigenvalue weighted by molar-refractivity contribution is 5.97. The lowest BCUT2D eigenvalue weighted by Crippen LogP contribution is -2.39. The zero-order chi connectivity index (χ0) is 23.2. The molecule has 0 radical (unpaired) electrons. The van der Waals surface area contributed by atoms with Crippen molar-refractivity contribution in [1.29, 1.82) is 0 Å². The van der Waals surface area contributed by atoms with E-state index in [4.69, 9.17) is 14.2 Å². The average molecular weight is 465 g/mol. The van der Waals surface area contributed by atoms with E-state index in [0.29, 0.717) is 44.2 Å². The van der Waals surface area contributed by atoms with Crippen LogP contribution in [0, 0.1) is 5.92 Å². The fraction of sp³-hybridized carbons (Fsp3) is 0.462. The Morgan fingerprint density at radius 2 is 1.91 bits per heavy atom. The molecule has 1 atom stereocenters. The summed E-state index contributed by atoms with van der Waals surface area (Å²) >= 11 is 0. The minimum absolute atomic E-state index is 0.000933. The molecule has 1 N–H and O–H groups in total. The van der Waals surface area contributed by atoms with E-state index < -0.39 is 0 Å². The van der Waals surface area contributed by atoms with Crippen LogP contribution in [-0.2, 0) is 15.9 Å². The molecule has 0 saturated carbocycles. The van der Waals surface area contributed by atoms with E-state index in [0.717, 1.165) is 50.2 Å². The van der Waals surface area contributed by atoms with Crippen LogP contribution < -0.4 is 4.74 Å². The molecular formula is C26H32N4O4. The molecule has 0 unspecified atom stereocenters. The third kappa shape index (κ3) is 5.41. The minimum Gasteiger partial charge on any atom is -0.491 e. The number of H-pyrrole nitrogens is 1. The summed E-state index contributed by atoms with van der Waals surface area (Å²) in [6, 6.07) is 13.8. The first-order valence-electron chi connectivity index (χ1n) is 12.1. The van der Waals surface area contributed by atoms with Crippen molar-refractivity contribution < 1.29 is 19.0 Å². The standard InChI is InChI=1S/C26H32N4O4/c31-26(22-5-1-2-7-25(22)34-15-10-29-8-12-32-13-9-29)30-11-14-33-19-20(18-30)16-21-4-3-6-24-23(21)17-27-28-24/h1-7,17,20H,8-16,18-19H2,(H,27,28)/t20-/m1/s1. The third-order valence-corrected chi connectivity index (χ3v) is 6.59. The van der Waals surface area contributed by atoms with Crippen LogP contribution in [0.2, 0.25) is 0 Å². The first-order valence-corrected chi connectivity index (χ1v) is 12.1. The molecule has 2 aliphatic rings. The summed E-state index contributed by atoms with van der Waals surface area (Å²) in [6.45, 7) is 7.15. The van der Waals surface area contributed by atoms with E-state index in [1.54, 1.807) is 0 Å². The van der Waals surface area contributed by atoms with E-state index in [2.05, 4.69) is 21.2 Å². The lowest BCUT2D eigenvalue weighted by Gasteiger charge is -2.27. The summed E-state index contributed by atoms with van der Waals surface area (Å²) in [5.74, 6) is 0.853. The van der Waals surface area contributed by atoms with E-state index in [9.17, 15) is 4.79 Å². The number of nitrogens with zero attached hydrogens (tertiary/aromatic N) is 3. The summed E-state index contributed by atoms with van der Waals surface area (Å²) in [6.07, 6.45) is 2.70. The number of carbonyl (C=O) groups is 1. The predicted molar refractivity (Wildman–Crippen MR) is 129 cm³/mol. The second-order valence-electron chi connectivity index (χ2n) is 8.94. The minimum atomic E-state index is -0.000933. The van der Waals surface area contributed by atoms with Crippen LogP contribution in [0.1, 0.15) is 15.9 Å².